The minimum absolute atomic E-state index is 0.0128. The fraction of sp³-hybridized carbons (Fsp3) is 0.667. The maximum Gasteiger partial charge on any atom is 0.251 e. The molecule has 1 aliphatic heterocycles. The highest BCUT2D eigenvalue weighted by Gasteiger charge is 2.24. The van der Waals surface area contributed by atoms with E-state index < -0.39 is 0 Å². The first-order valence-corrected chi connectivity index (χ1v) is 6.15. The van der Waals surface area contributed by atoms with E-state index in [-0.39, 0.29) is 5.56 Å². The zero-order chi connectivity index (χ0) is 11.0. The van der Waals surface area contributed by atoms with E-state index >= 15 is 0 Å². The Morgan fingerprint density at radius 2 is 1.94 bits per heavy atom. The van der Waals surface area contributed by atoms with Gasteiger partial charge in [0.05, 0.1) is 5.69 Å². The first kappa shape index (κ1) is 10.0. The highest BCUT2D eigenvalue weighted by Crippen LogP contribution is 2.32. The van der Waals surface area contributed by atoms with Crippen molar-refractivity contribution in [2.45, 2.75) is 37.5 Å². The fourth-order valence-corrected chi connectivity index (χ4v) is 2.60. The van der Waals surface area contributed by atoms with Gasteiger partial charge in [-0.3, -0.25) is 4.79 Å². The van der Waals surface area contributed by atoms with Crippen LogP contribution in [-0.4, -0.2) is 23.1 Å². The van der Waals surface area contributed by atoms with E-state index in [1.54, 1.807) is 6.07 Å². The molecule has 2 aliphatic rings. The average molecular weight is 219 g/mol. The molecule has 1 saturated carbocycles. The van der Waals surface area contributed by atoms with Gasteiger partial charge in [0.1, 0.15) is 5.82 Å². The van der Waals surface area contributed by atoms with Gasteiger partial charge < -0.3 is 10.3 Å². The van der Waals surface area contributed by atoms with Crippen molar-refractivity contribution in [2.75, 3.05) is 13.1 Å². The third-order valence-corrected chi connectivity index (χ3v) is 3.72. The summed E-state index contributed by atoms with van der Waals surface area (Å²) in [7, 11) is 0. The Hall–Kier alpha value is -1.16. The normalized spacial score (nSPS) is 22.2. The Labute approximate surface area is 94.5 Å². The average Bonchev–Trinajstić information content (AvgIpc) is 2.66. The number of aromatic nitrogens is 2. The van der Waals surface area contributed by atoms with Gasteiger partial charge in [-0.15, -0.1) is 0 Å². The first-order valence-electron chi connectivity index (χ1n) is 6.15. The summed E-state index contributed by atoms with van der Waals surface area (Å²) in [6.45, 7) is 1.88. The van der Waals surface area contributed by atoms with Gasteiger partial charge >= 0.3 is 0 Å². The van der Waals surface area contributed by atoms with Crippen LogP contribution in [0.25, 0.3) is 0 Å². The lowest BCUT2D eigenvalue weighted by Gasteiger charge is -2.26. The molecule has 1 saturated heterocycles. The molecule has 0 bridgehead atoms. The van der Waals surface area contributed by atoms with Crippen molar-refractivity contribution in [1.29, 1.82) is 0 Å². The van der Waals surface area contributed by atoms with E-state index in [0.29, 0.717) is 11.8 Å². The Kier molecular flexibility index (Phi) is 2.52. The number of hydrogen-bond donors (Lipinski definition) is 2. The maximum absolute atomic E-state index is 11.6. The highest BCUT2D eigenvalue weighted by atomic mass is 16.1. The Morgan fingerprint density at radius 1 is 1.19 bits per heavy atom. The molecule has 0 spiro atoms. The molecule has 4 heteroatoms. The summed E-state index contributed by atoms with van der Waals surface area (Å²) in [5.41, 5.74) is 1.03. The Balaban J connectivity index is 1.91. The van der Waals surface area contributed by atoms with Crippen LogP contribution in [-0.2, 0) is 0 Å². The molecule has 1 aliphatic carbocycles. The molecule has 0 radical (unpaired) electrons. The number of aromatic amines is 1. The minimum Gasteiger partial charge on any atom is -0.315 e. The molecule has 0 amide bonds. The summed E-state index contributed by atoms with van der Waals surface area (Å²) >= 11 is 0. The number of nitrogens with one attached hydrogen (secondary N) is 2. The Morgan fingerprint density at radius 3 is 2.56 bits per heavy atom. The molecule has 1 aromatic heterocycles. The predicted octanol–water partition coefficient (Wildman–Crippen LogP) is 1.11. The van der Waals surface area contributed by atoms with Gasteiger partial charge in [0.25, 0.3) is 5.56 Å². The zero-order valence-electron chi connectivity index (χ0n) is 9.33. The molecule has 1 aromatic rings. The summed E-state index contributed by atoms with van der Waals surface area (Å²) in [6.07, 6.45) is 4.94. The predicted molar refractivity (Wildman–Crippen MR) is 61.7 cm³/mol. The molecule has 0 unspecified atom stereocenters. The number of rotatable bonds is 2. The molecular formula is C12H17N3O. The summed E-state index contributed by atoms with van der Waals surface area (Å²) in [5.74, 6) is 1.82. The van der Waals surface area contributed by atoms with E-state index in [2.05, 4.69) is 15.3 Å². The fourth-order valence-electron chi connectivity index (χ4n) is 2.60. The van der Waals surface area contributed by atoms with E-state index in [1.165, 1.54) is 25.7 Å². The summed E-state index contributed by atoms with van der Waals surface area (Å²) < 4.78 is 0. The highest BCUT2D eigenvalue weighted by molar-refractivity contribution is 5.13. The van der Waals surface area contributed by atoms with Gasteiger partial charge in [0.15, 0.2) is 0 Å². The quantitative estimate of drug-likeness (QED) is 0.783. The van der Waals surface area contributed by atoms with Crippen molar-refractivity contribution in [2.24, 2.45) is 0 Å². The molecule has 3 rings (SSSR count). The summed E-state index contributed by atoms with van der Waals surface area (Å²) in [4.78, 5) is 19.1. The topological polar surface area (TPSA) is 57.8 Å². The molecule has 16 heavy (non-hydrogen) atoms. The van der Waals surface area contributed by atoms with E-state index in [0.717, 1.165) is 24.6 Å². The maximum atomic E-state index is 11.6. The number of nitrogens with zero attached hydrogens (tertiary/aromatic N) is 1. The SMILES string of the molecule is O=c1cc(C2CCCC2)nc(C2CNC2)[nH]1. The van der Waals surface area contributed by atoms with Crippen LogP contribution < -0.4 is 10.9 Å². The van der Waals surface area contributed by atoms with Gasteiger partial charge in [-0.2, -0.15) is 0 Å². The zero-order valence-corrected chi connectivity index (χ0v) is 9.33. The van der Waals surface area contributed by atoms with Gasteiger partial charge in [-0.05, 0) is 12.8 Å². The second-order valence-electron chi connectivity index (χ2n) is 4.89. The molecule has 2 N–H and O–H groups in total. The molecular weight excluding hydrogens is 202 g/mol. The Bertz CT molecular complexity index is 430. The molecule has 0 atom stereocenters. The monoisotopic (exact) mass is 219 g/mol. The van der Waals surface area contributed by atoms with E-state index in [1.807, 2.05) is 0 Å². The second kappa shape index (κ2) is 4.01. The van der Waals surface area contributed by atoms with E-state index in [4.69, 9.17) is 0 Å². The molecule has 86 valence electrons. The van der Waals surface area contributed by atoms with E-state index in [9.17, 15) is 4.79 Å². The molecule has 2 fully saturated rings. The minimum atomic E-state index is 0.0128. The van der Waals surface area contributed by atoms with Crippen LogP contribution in [0, 0.1) is 0 Å². The van der Waals surface area contributed by atoms with Crippen molar-refractivity contribution in [3.63, 3.8) is 0 Å². The van der Waals surface area contributed by atoms with Crippen LogP contribution in [0.1, 0.15) is 49.0 Å². The molecule has 0 aromatic carbocycles. The second-order valence-corrected chi connectivity index (χ2v) is 4.89. The van der Waals surface area contributed by atoms with Crippen molar-refractivity contribution < 1.29 is 0 Å². The number of hydrogen-bond acceptors (Lipinski definition) is 3. The third-order valence-electron chi connectivity index (χ3n) is 3.72. The van der Waals surface area contributed by atoms with Crippen LogP contribution in [0.5, 0.6) is 0 Å². The van der Waals surface area contributed by atoms with Gasteiger partial charge in [-0.25, -0.2) is 4.98 Å². The van der Waals surface area contributed by atoms with Crippen LogP contribution in [0.3, 0.4) is 0 Å². The van der Waals surface area contributed by atoms with Crippen LogP contribution in [0.2, 0.25) is 0 Å². The van der Waals surface area contributed by atoms with Crippen molar-refractivity contribution in [3.8, 4) is 0 Å². The summed E-state index contributed by atoms with van der Waals surface area (Å²) in [6, 6.07) is 1.69. The van der Waals surface area contributed by atoms with Crippen molar-refractivity contribution in [1.82, 2.24) is 15.3 Å². The smallest absolute Gasteiger partial charge is 0.251 e. The lowest BCUT2D eigenvalue weighted by atomic mass is 10.0. The largest absolute Gasteiger partial charge is 0.315 e. The van der Waals surface area contributed by atoms with Crippen molar-refractivity contribution in [3.05, 3.63) is 27.9 Å². The van der Waals surface area contributed by atoms with Crippen LogP contribution in [0.15, 0.2) is 10.9 Å². The number of H-pyrrole nitrogens is 1. The molecule has 4 nitrogen and oxygen atoms in total. The van der Waals surface area contributed by atoms with Crippen LogP contribution >= 0.6 is 0 Å². The lowest BCUT2D eigenvalue weighted by molar-refractivity contribution is 0.426. The van der Waals surface area contributed by atoms with Crippen LogP contribution in [0.4, 0.5) is 0 Å². The molecule has 2 heterocycles. The van der Waals surface area contributed by atoms with Crippen molar-refractivity contribution >= 4 is 0 Å². The standard InChI is InChI=1S/C12H17N3O/c16-11-5-10(8-3-1-2-4-8)14-12(15-11)9-6-13-7-9/h5,8-9,13H,1-4,6-7H2,(H,14,15,16). The van der Waals surface area contributed by atoms with Gasteiger partial charge in [-0.1, -0.05) is 12.8 Å². The third kappa shape index (κ3) is 1.78. The lowest BCUT2D eigenvalue weighted by Crippen LogP contribution is -2.41. The van der Waals surface area contributed by atoms with Gasteiger partial charge in [0.2, 0.25) is 0 Å². The summed E-state index contributed by atoms with van der Waals surface area (Å²) in [5, 5.41) is 3.21. The first-order chi connectivity index (χ1) is 7.83. The van der Waals surface area contributed by atoms with Gasteiger partial charge in [0, 0.05) is 31.0 Å².